The largest absolute Gasteiger partial charge is 0.457 e. The van der Waals surface area contributed by atoms with Gasteiger partial charge in [0.1, 0.15) is 17.5 Å². The van der Waals surface area contributed by atoms with Gasteiger partial charge >= 0.3 is 6.03 Å². The Morgan fingerprint density at radius 2 is 1.71 bits per heavy atom. The minimum absolute atomic E-state index is 0.152. The Hall–Kier alpha value is -3.91. The summed E-state index contributed by atoms with van der Waals surface area (Å²) in [7, 11) is -3.89. The van der Waals surface area contributed by atoms with Crippen LogP contribution in [0.3, 0.4) is 0 Å². The predicted octanol–water partition coefficient (Wildman–Crippen LogP) is 4.89. The van der Waals surface area contributed by atoms with Crippen LogP contribution in [-0.2, 0) is 19.6 Å². The van der Waals surface area contributed by atoms with Crippen LogP contribution >= 0.6 is 22.9 Å². The van der Waals surface area contributed by atoms with Crippen molar-refractivity contribution in [2.75, 3.05) is 31.5 Å². The fourth-order valence-corrected chi connectivity index (χ4v) is 7.34. The highest BCUT2D eigenvalue weighted by molar-refractivity contribution is 7.92. The highest BCUT2D eigenvalue weighted by Gasteiger charge is 2.35. The Morgan fingerprint density at radius 1 is 0.978 bits per heavy atom. The van der Waals surface area contributed by atoms with Crippen molar-refractivity contribution in [2.45, 2.75) is 37.8 Å². The van der Waals surface area contributed by atoms with Gasteiger partial charge in [-0.05, 0) is 80.3 Å². The molecule has 238 valence electrons. The first kappa shape index (κ1) is 32.5. The summed E-state index contributed by atoms with van der Waals surface area (Å²) < 4.78 is 34.0. The topological polar surface area (TPSA) is 137 Å². The molecule has 2 fully saturated rings. The molecule has 0 spiro atoms. The minimum atomic E-state index is -3.89. The van der Waals surface area contributed by atoms with Crippen LogP contribution < -0.4 is 20.1 Å². The number of amides is 4. The van der Waals surface area contributed by atoms with Crippen LogP contribution in [-0.4, -0.2) is 74.3 Å². The van der Waals surface area contributed by atoms with E-state index in [-0.39, 0.29) is 25.0 Å². The summed E-state index contributed by atoms with van der Waals surface area (Å²) >= 11 is 7.14. The van der Waals surface area contributed by atoms with E-state index in [0.717, 1.165) is 18.2 Å². The van der Waals surface area contributed by atoms with Crippen LogP contribution in [0.25, 0.3) is 6.08 Å². The average Bonchev–Trinajstić information content (AvgIpc) is 3.67. The molecule has 0 saturated carbocycles. The molecule has 2 aliphatic rings. The van der Waals surface area contributed by atoms with Crippen molar-refractivity contribution in [3.05, 3.63) is 81.4 Å². The first-order valence-corrected chi connectivity index (χ1v) is 17.3. The molecule has 2 aliphatic heterocycles. The van der Waals surface area contributed by atoms with Gasteiger partial charge in [0.25, 0.3) is 0 Å². The Labute approximate surface area is 271 Å². The molecule has 3 aromatic rings. The summed E-state index contributed by atoms with van der Waals surface area (Å²) in [5, 5.41) is 6.64. The molecule has 2 aromatic carbocycles. The number of ether oxygens (including phenoxy) is 1. The summed E-state index contributed by atoms with van der Waals surface area (Å²) in [5.74, 6) is 0.684. The van der Waals surface area contributed by atoms with Crippen molar-refractivity contribution in [2.24, 2.45) is 0 Å². The zero-order chi connectivity index (χ0) is 31.8. The van der Waals surface area contributed by atoms with Gasteiger partial charge in [-0.25, -0.2) is 13.2 Å². The second-order valence-electron chi connectivity index (χ2n) is 10.7. The number of piperidine rings is 1. The van der Waals surface area contributed by atoms with Crippen molar-refractivity contribution in [1.82, 2.24) is 19.8 Å². The number of hydrogen-bond donors (Lipinski definition) is 3. The van der Waals surface area contributed by atoms with Crippen molar-refractivity contribution in [1.29, 1.82) is 0 Å². The zero-order valence-corrected chi connectivity index (χ0v) is 26.7. The van der Waals surface area contributed by atoms with Gasteiger partial charge in [0.05, 0.1) is 10.9 Å². The van der Waals surface area contributed by atoms with E-state index in [9.17, 15) is 22.8 Å². The number of nitrogens with one attached hydrogen (secondary N) is 3. The van der Waals surface area contributed by atoms with Crippen molar-refractivity contribution in [3.63, 3.8) is 0 Å². The molecule has 0 aliphatic carbocycles. The van der Waals surface area contributed by atoms with E-state index in [1.807, 2.05) is 30.3 Å². The molecule has 1 aromatic heterocycles. The summed E-state index contributed by atoms with van der Waals surface area (Å²) in [4.78, 5) is 42.7. The normalized spacial score (nSPS) is 18.7. The maximum absolute atomic E-state index is 13.3. The number of thiophene rings is 1. The monoisotopic (exact) mass is 671 g/mol. The molecule has 2 atom stereocenters. The third kappa shape index (κ3) is 9.30. The fourth-order valence-electron chi connectivity index (χ4n) is 5.27. The Morgan fingerprint density at radius 3 is 2.44 bits per heavy atom. The number of likely N-dealkylation sites (tertiary alicyclic amines) is 2. The molecule has 3 heterocycles. The van der Waals surface area contributed by atoms with Crippen LogP contribution in [0.15, 0.2) is 72.1 Å². The van der Waals surface area contributed by atoms with Gasteiger partial charge in [0, 0.05) is 41.6 Å². The summed E-state index contributed by atoms with van der Waals surface area (Å²) in [6.07, 6.45) is 3.82. The first-order valence-electron chi connectivity index (χ1n) is 14.6. The number of urea groups is 1. The SMILES string of the molecule is O=C(NC[C@@H]1CCCN1C(=O)CN1CCC[C@H](NS(=O)(=O)/C=C/c2ccc(Cl)s2)C1=O)Nc1ccc(Oc2ccccc2)cc1. The Kier molecular flexibility index (Phi) is 10.8. The summed E-state index contributed by atoms with van der Waals surface area (Å²) in [5.41, 5.74) is 0.590. The van der Waals surface area contributed by atoms with Crippen molar-refractivity contribution in [3.8, 4) is 11.5 Å². The maximum Gasteiger partial charge on any atom is 0.319 e. The van der Waals surface area contributed by atoms with E-state index in [2.05, 4.69) is 15.4 Å². The number of carbonyl (C=O) groups is 3. The number of para-hydroxylation sites is 1. The second kappa shape index (κ2) is 14.9. The second-order valence-corrected chi connectivity index (χ2v) is 14.1. The highest BCUT2D eigenvalue weighted by Crippen LogP contribution is 2.24. The number of nitrogens with zero attached hydrogens (tertiary/aromatic N) is 2. The maximum atomic E-state index is 13.3. The van der Waals surface area contributed by atoms with Gasteiger partial charge < -0.3 is 25.2 Å². The Balaban J connectivity index is 1.08. The predicted molar refractivity (Wildman–Crippen MR) is 175 cm³/mol. The van der Waals surface area contributed by atoms with Crippen LogP contribution in [0.2, 0.25) is 4.34 Å². The van der Waals surface area contributed by atoms with E-state index in [1.165, 1.54) is 22.3 Å². The van der Waals surface area contributed by atoms with Crippen LogP contribution in [0.4, 0.5) is 10.5 Å². The number of halogens is 1. The molecule has 4 amide bonds. The van der Waals surface area contributed by atoms with E-state index in [0.29, 0.717) is 52.3 Å². The van der Waals surface area contributed by atoms with E-state index in [1.54, 1.807) is 41.3 Å². The van der Waals surface area contributed by atoms with Crippen molar-refractivity contribution >= 4 is 62.6 Å². The molecule has 2 saturated heterocycles. The lowest BCUT2D eigenvalue weighted by Gasteiger charge is -2.34. The molecule has 11 nitrogen and oxygen atoms in total. The molecular formula is C31H34ClN5O6S2. The van der Waals surface area contributed by atoms with E-state index >= 15 is 0 Å². The molecule has 0 radical (unpaired) electrons. The number of hydrogen-bond acceptors (Lipinski definition) is 7. The number of anilines is 1. The quantitative estimate of drug-likeness (QED) is 0.266. The molecular weight excluding hydrogens is 638 g/mol. The molecule has 3 N–H and O–H groups in total. The number of carbonyl (C=O) groups excluding carboxylic acids is 3. The number of sulfonamides is 1. The minimum Gasteiger partial charge on any atom is -0.457 e. The Bertz CT molecular complexity index is 1630. The summed E-state index contributed by atoms with van der Waals surface area (Å²) in [6.45, 7) is 0.984. The molecule has 5 rings (SSSR count). The molecule has 0 bridgehead atoms. The highest BCUT2D eigenvalue weighted by atomic mass is 35.5. The fraction of sp³-hybridized carbons (Fsp3) is 0.323. The lowest BCUT2D eigenvalue weighted by atomic mass is 10.1. The zero-order valence-electron chi connectivity index (χ0n) is 24.4. The molecule has 0 unspecified atom stereocenters. The number of rotatable bonds is 11. The van der Waals surface area contributed by atoms with Gasteiger partial charge in [0.15, 0.2) is 0 Å². The lowest BCUT2D eigenvalue weighted by Crippen LogP contribution is -2.55. The van der Waals surface area contributed by atoms with Crippen LogP contribution in [0, 0.1) is 0 Å². The van der Waals surface area contributed by atoms with Gasteiger partial charge in [-0.3, -0.25) is 9.59 Å². The molecule has 14 heteroatoms. The van der Waals surface area contributed by atoms with Crippen LogP contribution in [0.5, 0.6) is 11.5 Å². The van der Waals surface area contributed by atoms with E-state index < -0.39 is 28.0 Å². The van der Waals surface area contributed by atoms with Crippen molar-refractivity contribution < 1.29 is 27.5 Å². The third-order valence-electron chi connectivity index (χ3n) is 7.46. The third-order valence-corrected chi connectivity index (χ3v) is 9.76. The van der Waals surface area contributed by atoms with Gasteiger partial charge in [-0.15, -0.1) is 11.3 Å². The average molecular weight is 672 g/mol. The first-order chi connectivity index (χ1) is 21.6. The molecule has 45 heavy (non-hydrogen) atoms. The smallest absolute Gasteiger partial charge is 0.319 e. The van der Waals surface area contributed by atoms with Gasteiger partial charge in [-0.2, -0.15) is 4.72 Å². The number of benzene rings is 2. The summed E-state index contributed by atoms with van der Waals surface area (Å²) in [6, 6.07) is 18.2. The van der Waals surface area contributed by atoms with Crippen LogP contribution in [0.1, 0.15) is 30.6 Å². The standard InChI is InChI=1S/C31H34ClN5O6S2/c32-28-15-14-26(44-28)16-19-45(41,42)35-27-9-5-17-36(30(27)39)21-29(38)37-18-4-6-23(37)20-33-31(40)34-22-10-12-25(13-11-22)43-24-7-2-1-3-8-24/h1-3,7-8,10-16,19,23,27,35H,4-6,9,17-18,20-21H2,(H2,33,34,40)/b19-16+/t23-,27-/m0/s1. The van der Waals surface area contributed by atoms with E-state index in [4.69, 9.17) is 16.3 Å². The van der Waals surface area contributed by atoms with Gasteiger partial charge in [0.2, 0.25) is 21.8 Å². The van der Waals surface area contributed by atoms with Gasteiger partial charge in [-0.1, -0.05) is 29.8 Å². The lowest BCUT2D eigenvalue weighted by molar-refractivity contribution is -0.143.